The van der Waals surface area contributed by atoms with Crippen molar-refractivity contribution >= 4 is 11.6 Å². The minimum absolute atomic E-state index is 0.191. The molecular formula is C23H18ClN3. The maximum atomic E-state index is 6.11. The maximum absolute atomic E-state index is 6.11. The molecule has 1 aromatic heterocycles. The standard InChI is InChI=1S/C21H14ClN3.C2H4/c22-21-24-19(17-9-5-2-6-10-17)23-20(25-21)18-13-11-16(12-14-18)15-7-3-1-4-8-15;1-2/h1-14H;1-2H2. The fourth-order valence-corrected chi connectivity index (χ4v) is 2.80. The van der Waals surface area contributed by atoms with Crippen LogP contribution in [0.2, 0.25) is 5.28 Å². The van der Waals surface area contributed by atoms with Crippen LogP contribution >= 0.6 is 11.6 Å². The average Bonchev–Trinajstić information content (AvgIpc) is 2.76. The van der Waals surface area contributed by atoms with Crippen molar-refractivity contribution < 1.29 is 0 Å². The third kappa shape index (κ3) is 4.46. The molecule has 0 aliphatic rings. The Labute approximate surface area is 164 Å². The lowest BCUT2D eigenvalue weighted by Gasteiger charge is -2.06. The second-order valence-electron chi connectivity index (χ2n) is 5.56. The predicted molar refractivity (Wildman–Crippen MR) is 112 cm³/mol. The monoisotopic (exact) mass is 371 g/mol. The van der Waals surface area contributed by atoms with Gasteiger partial charge in [0.05, 0.1) is 0 Å². The summed E-state index contributed by atoms with van der Waals surface area (Å²) >= 11 is 6.11. The maximum Gasteiger partial charge on any atom is 0.226 e. The van der Waals surface area contributed by atoms with E-state index in [1.165, 1.54) is 5.56 Å². The predicted octanol–water partition coefficient (Wildman–Crippen LogP) is 6.33. The highest BCUT2D eigenvalue weighted by Crippen LogP contribution is 2.25. The Morgan fingerprint density at radius 1 is 0.481 bits per heavy atom. The van der Waals surface area contributed by atoms with Crippen LogP contribution in [-0.2, 0) is 0 Å². The Kier molecular flexibility index (Phi) is 6.08. The van der Waals surface area contributed by atoms with Gasteiger partial charge in [-0.1, -0.05) is 84.9 Å². The summed E-state index contributed by atoms with van der Waals surface area (Å²) in [5, 5.41) is 0.191. The Bertz CT molecular complexity index is 1000. The molecule has 0 amide bonds. The fourth-order valence-electron chi connectivity index (χ4n) is 2.64. The van der Waals surface area contributed by atoms with E-state index in [1.807, 2.05) is 60.7 Å². The molecule has 4 rings (SSSR count). The molecule has 27 heavy (non-hydrogen) atoms. The van der Waals surface area contributed by atoms with Gasteiger partial charge in [-0.2, -0.15) is 9.97 Å². The lowest BCUT2D eigenvalue weighted by Crippen LogP contribution is -1.97. The van der Waals surface area contributed by atoms with Crippen molar-refractivity contribution in [2.24, 2.45) is 0 Å². The molecule has 0 atom stereocenters. The van der Waals surface area contributed by atoms with E-state index in [-0.39, 0.29) is 5.28 Å². The first kappa shape index (κ1) is 18.5. The van der Waals surface area contributed by atoms with Gasteiger partial charge in [0, 0.05) is 11.1 Å². The van der Waals surface area contributed by atoms with Crippen LogP contribution in [-0.4, -0.2) is 15.0 Å². The fraction of sp³-hybridized carbons (Fsp3) is 0. The molecule has 0 saturated heterocycles. The highest BCUT2D eigenvalue weighted by Gasteiger charge is 2.09. The molecule has 0 aliphatic heterocycles. The molecule has 0 fully saturated rings. The van der Waals surface area contributed by atoms with E-state index in [1.54, 1.807) is 0 Å². The summed E-state index contributed by atoms with van der Waals surface area (Å²) in [7, 11) is 0. The van der Waals surface area contributed by atoms with Crippen molar-refractivity contribution in [1.82, 2.24) is 15.0 Å². The molecule has 0 N–H and O–H groups in total. The van der Waals surface area contributed by atoms with Gasteiger partial charge < -0.3 is 0 Å². The second-order valence-corrected chi connectivity index (χ2v) is 5.90. The van der Waals surface area contributed by atoms with Gasteiger partial charge in [0.1, 0.15) is 0 Å². The van der Waals surface area contributed by atoms with E-state index in [4.69, 9.17) is 11.6 Å². The van der Waals surface area contributed by atoms with Crippen LogP contribution in [0.15, 0.2) is 98.1 Å². The Hall–Kier alpha value is -3.30. The zero-order chi connectivity index (χ0) is 19.1. The van der Waals surface area contributed by atoms with Crippen molar-refractivity contribution in [1.29, 1.82) is 0 Å². The molecule has 0 unspecified atom stereocenters. The van der Waals surface area contributed by atoms with Crippen LogP contribution in [0.3, 0.4) is 0 Å². The Morgan fingerprint density at radius 2 is 0.852 bits per heavy atom. The summed E-state index contributed by atoms with van der Waals surface area (Å²) in [5.74, 6) is 1.14. The van der Waals surface area contributed by atoms with E-state index >= 15 is 0 Å². The van der Waals surface area contributed by atoms with Crippen LogP contribution in [0.25, 0.3) is 33.9 Å². The second kappa shape index (κ2) is 8.88. The van der Waals surface area contributed by atoms with Crippen molar-refractivity contribution in [3.63, 3.8) is 0 Å². The quantitative estimate of drug-likeness (QED) is 0.395. The number of rotatable bonds is 3. The average molecular weight is 372 g/mol. The SMILES string of the molecule is C=C.Clc1nc(-c2ccccc2)nc(-c2ccc(-c3ccccc3)cc2)n1. The van der Waals surface area contributed by atoms with Gasteiger partial charge in [0.15, 0.2) is 11.6 Å². The lowest BCUT2D eigenvalue weighted by atomic mass is 10.0. The van der Waals surface area contributed by atoms with Crippen molar-refractivity contribution in [2.75, 3.05) is 0 Å². The van der Waals surface area contributed by atoms with E-state index < -0.39 is 0 Å². The zero-order valence-corrected chi connectivity index (χ0v) is 15.5. The molecule has 0 radical (unpaired) electrons. The smallest absolute Gasteiger partial charge is 0.208 e. The van der Waals surface area contributed by atoms with Crippen molar-refractivity contribution in [3.8, 4) is 33.9 Å². The summed E-state index contributed by atoms with van der Waals surface area (Å²) in [6.07, 6.45) is 0. The van der Waals surface area contributed by atoms with Crippen LogP contribution < -0.4 is 0 Å². The molecule has 0 saturated carbocycles. The zero-order valence-electron chi connectivity index (χ0n) is 14.7. The Balaban J connectivity index is 0.00000102. The van der Waals surface area contributed by atoms with Crippen LogP contribution in [0.1, 0.15) is 0 Å². The number of benzene rings is 3. The van der Waals surface area contributed by atoms with E-state index in [0.29, 0.717) is 11.6 Å². The van der Waals surface area contributed by atoms with Crippen LogP contribution in [0.5, 0.6) is 0 Å². The van der Waals surface area contributed by atoms with E-state index in [0.717, 1.165) is 16.7 Å². The Morgan fingerprint density at radius 3 is 1.37 bits per heavy atom. The molecule has 4 heteroatoms. The first-order valence-corrected chi connectivity index (χ1v) is 8.80. The number of hydrogen-bond donors (Lipinski definition) is 0. The third-order valence-corrected chi connectivity index (χ3v) is 4.06. The summed E-state index contributed by atoms with van der Waals surface area (Å²) < 4.78 is 0. The molecule has 3 nitrogen and oxygen atoms in total. The summed E-state index contributed by atoms with van der Waals surface area (Å²) in [6, 6.07) is 28.1. The topological polar surface area (TPSA) is 38.7 Å². The molecule has 132 valence electrons. The highest BCUT2D eigenvalue weighted by atomic mass is 35.5. The summed E-state index contributed by atoms with van der Waals surface area (Å²) in [5.41, 5.74) is 4.13. The number of hydrogen-bond acceptors (Lipinski definition) is 3. The largest absolute Gasteiger partial charge is 0.226 e. The molecule has 0 spiro atoms. The first-order chi connectivity index (χ1) is 13.3. The number of aromatic nitrogens is 3. The minimum Gasteiger partial charge on any atom is -0.208 e. The highest BCUT2D eigenvalue weighted by molar-refractivity contribution is 6.28. The molecule has 3 aromatic carbocycles. The van der Waals surface area contributed by atoms with Gasteiger partial charge in [-0.15, -0.1) is 13.2 Å². The van der Waals surface area contributed by atoms with E-state index in [2.05, 4.69) is 52.4 Å². The van der Waals surface area contributed by atoms with E-state index in [9.17, 15) is 0 Å². The van der Waals surface area contributed by atoms with Crippen LogP contribution in [0, 0.1) is 0 Å². The minimum atomic E-state index is 0.191. The molecule has 4 aromatic rings. The van der Waals surface area contributed by atoms with Crippen molar-refractivity contribution in [3.05, 3.63) is 103 Å². The normalized spacial score (nSPS) is 9.96. The molecular weight excluding hydrogens is 354 g/mol. The van der Waals surface area contributed by atoms with Gasteiger partial charge in [-0.05, 0) is 22.7 Å². The summed E-state index contributed by atoms with van der Waals surface area (Å²) in [6.45, 7) is 6.00. The number of halogens is 1. The first-order valence-electron chi connectivity index (χ1n) is 8.42. The van der Waals surface area contributed by atoms with Gasteiger partial charge >= 0.3 is 0 Å². The summed E-state index contributed by atoms with van der Waals surface area (Å²) in [4.78, 5) is 13.1. The van der Waals surface area contributed by atoms with Gasteiger partial charge in [0.25, 0.3) is 0 Å². The third-order valence-electron chi connectivity index (χ3n) is 3.89. The van der Waals surface area contributed by atoms with Crippen molar-refractivity contribution in [2.45, 2.75) is 0 Å². The number of nitrogens with zero attached hydrogens (tertiary/aromatic N) is 3. The van der Waals surface area contributed by atoms with Gasteiger partial charge in [0.2, 0.25) is 5.28 Å². The molecule has 0 bridgehead atoms. The lowest BCUT2D eigenvalue weighted by molar-refractivity contribution is 1.07. The van der Waals surface area contributed by atoms with Crippen LogP contribution in [0.4, 0.5) is 0 Å². The molecule has 1 heterocycles. The van der Waals surface area contributed by atoms with Gasteiger partial charge in [-0.25, -0.2) is 4.98 Å². The molecule has 0 aliphatic carbocycles. The van der Waals surface area contributed by atoms with Gasteiger partial charge in [-0.3, -0.25) is 0 Å².